The van der Waals surface area contributed by atoms with Gasteiger partial charge in [-0.1, -0.05) is 30.7 Å². The van der Waals surface area contributed by atoms with Crippen molar-refractivity contribution in [2.75, 3.05) is 6.54 Å². The molecule has 2 aromatic carbocycles. The fourth-order valence-electron chi connectivity index (χ4n) is 2.37. The molecule has 0 radical (unpaired) electrons. The van der Waals surface area contributed by atoms with E-state index >= 15 is 0 Å². The number of hydrogen-bond donors (Lipinski definition) is 1. The van der Waals surface area contributed by atoms with Crippen LogP contribution in [0.2, 0.25) is 5.02 Å². The molecule has 1 atom stereocenters. The summed E-state index contributed by atoms with van der Waals surface area (Å²) in [6.45, 7) is 4.71. The molecule has 0 bridgehead atoms. The van der Waals surface area contributed by atoms with Crippen LogP contribution in [0.4, 0.5) is 8.78 Å². The Morgan fingerprint density at radius 3 is 2.43 bits per heavy atom. The van der Waals surface area contributed by atoms with Crippen molar-refractivity contribution in [3.8, 4) is 0 Å². The Labute approximate surface area is 128 Å². The maximum Gasteiger partial charge on any atom is 0.131 e. The first-order valence-electron chi connectivity index (χ1n) is 6.97. The van der Waals surface area contributed by atoms with Crippen LogP contribution in [0.1, 0.15) is 36.1 Å². The van der Waals surface area contributed by atoms with E-state index in [1.807, 2.05) is 26.0 Å². The third-order valence-electron chi connectivity index (χ3n) is 3.41. The van der Waals surface area contributed by atoms with Crippen molar-refractivity contribution in [1.29, 1.82) is 0 Å². The van der Waals surface area contributed by atoms with E-state index in [4.69, 9.17) is 11.6 Å². The van der Waals surface area contributed by atoms with Gasteiger partial charge >= 0.3 is 0 Å². The van der Waals surface area contributed by atoms with E-state index in [1.54, 1.807) is 6.07 Å². The van der Waals surface area contributed by atoms with Crippen molar-refractivity contribution >= 4 is 11.6 Å². The predicted molar refractivity (Wildman–Crippen MR) is 82.7 cm³/mol. The predicted octanol–water partition coefficient (Wildman–Crippen LogP) is 5.02. The fraction of sp³-hybridized carbons (Fsp3) is 0.294. The number of nitrogens with one attached hydrogen (secondary N) is 1. The molecule has 0 aliphatic carbocycles. The van der Waals surface area contributed by atoms with Gasteiger partial charge < -0.3 is 5.32 Å². The smallest absolute Gasteiger partial charge is 0.131 e. The Bertz CT molecular complexity index is 577. The van der Waals surface area contributed by atoms with Gasteiger partial charge in [-0.3, -0.25) is 0 Å². The molecule has 112 valence electrons. The maximum absolute atomic E-state index is 14.1. The highest BCUT2D eigenvalue weighted by atomic mass is 35.5. The highest BCUT2D eigenvalue weighted by Crippen LogP contribution is 2.29. The molecule has 2 rings (SSSR count). The van der Waals surface area contributed by atoms with Crippen molar-refractivity contribution in [2.45, 2.75) is 26.3 Å². The Morgan fingerprint density at radius 2 is 1.81 bits per heavy atom. The molecule has 0 aromatic heterocycles. The SMILES string of the molecule is CCCNC(c1ccc(Cl)cc1C)c1ccc(F)cc1F. The molecule has 0 fully saturated rings. The molecule has 0 heterocycles. The standard InChI is InChI=1S/C17H18ClF2N/c1-3-8-21-17(14-6-4-12(18)9-11(14)2)15-7-5-13(19)10-16(15)20/h4-7,9-10,17,21H,3,8H2,1-2H3. The van der Waals surface area contributed by atoms with Gasteiger partial charge in [0.05, 0.1) is 6.04 Å². The molecule has 0 amide bonds. The first-order chi connectivity index (χ1) is 10.0. The van der Waals surface area contributed by atoms with E-state index in [0.717, 1.165) is 30.2 Å². The number of aryl methyl sites for hydroxylation is 1. The topological polar surface area (TPSA) is 12.0 Å². The van der Waals surface area contributed by atoms with Gasteiger partial charge in [0.1, 0.15) is 11.6 Å². The Kier molecular flexibility index (Phi) is 5.32. The highest BCUT2D eigenvalue weighted by Gasteiger charge is 2.19. The minimum atomic E-state index is -0.571. The van der Waals surface area contributed by atoms with E-state index in [0.29, 0.717) is 10.6 Å². The van der Waals surface area contributed by atoms with Gasteiger partial charge in [-0.05, 0) is 49.2 Å². The summed E-state index contributed by atoms with van der Waals surface area (Å²) >= 11 is 5.98. The van der Waals surface area contributed by atoms with Crippen LogP contribution in [0.15, 0.2) is 36.4 Å². The van der Waals surface area contributed by atoms with Crippen molar-refractivity contribution in [3.63, 3.8) is 0 Å². The van der Waals surface area contributed by atoms with Gasteiger partial charge in [0.15, 0.2) is 0 Å². The third kappa shape index (κ3) is 3.80. The molecule has 0 aliphatic rings. The lowest BCUT2D eigenvalue weighted by Gasteiger charge is -2.22. The van der Waals surface area contributed by atoms with Gasteiger partial charge in [-0.25, -0.2) is 8.78 Å². The molecule has 1 N–H and O–H groups in total. The van der Waals surface area contributed by atoms with Crippen LogP contribution in [-0.4, -0.2) is 6.54 Å². The molecular formula is C17H18ClF2N. The summed E-state index contributed by atoms with van der Waals surface area (Å²) in [7, 11) is 0. The molecule has 0 spiro atoms. The summed E-state index contributed by atoms with van der Waals surface area (Å²) < 4.78 is 27.2. The maximum atomic E-state index is 14.1. The van der Waals surface area contributed by atoms with Crippen molar-refractivity contribution in [3.05, 3.63) is 69.7 Å². The first-order valence-corrected chi connectivity index (χ1v) is 7.35. The normalized spacial score (nSPS) is 12.4. The monoisotopic (exact) mass is 309 g/mol. The van der Waals surface area contributed by atoms with Crippen LogP contribution in [-0.2, 0) is 0 Å². The molecule has 1 nitrogen and oxygen atoms in total. The average Bonchev–Trinajstić information content (AvgIpc) is 2.42. The van der Waals surface area contributed by atoms with Crippen LogP contribution in [0.25, 0.3) is 0 Å². The van der Waals surface area contributed by atoms with Crippen molar-refractivity contribution < 1.29 is 8.78 Å². The van der Waals surface area contributed by atoms with E-state index in [1.165, 1.54) is 12.1 Å². The second kappa shape index (κ2) is 7.01. The van der Waals surface area contributed by atoms with E-state index in [-0.39, 0.29) is 6.04 Å². The second-order valence-electron chi connectivity index (χ2n) is 5.05. The summed E-state index contributed by atoms with van der Waals surface area (Å²) in [6.07, 6.45) is 0.923. The first kappa shape index (κ1) is 15.9. The lowest BCUT2D eigenvalue weighted by Crippen LogP contribution is -2.25. The van der Waals surface area contributed by atoms with E-state index in [2.05, 4.69) is 5.32 Å². The highest BCUT2D eigenvalue weighted by molar-refractivity contribution is 6.30. The molecule has 0 aliphatic heterocycles. The second-order valence-corrected chi connectivity index (χ2v) is 5.49. The quantitative estimate of drug-likeness (QED) is 0.818. The van der Waals surface area contributed by atoms with Crippen LogP contribution in [0.3, 0.4) is 0 Å². The van der Waals surface area contributed by atoms with Crippen molar-refractivity contribution in [2.24, 2.45) is 0 Å². The lowest BCUT2D eigenvalue weighted by molar-refractivity contribution is 0.532. The summed E-state index contributed by atoms with van der Waals surface area (Å²) in [6, 6.07) is 8.89. The zero-order chi connectivity index (χ0) is 15.4. The zero-order valence-corrected chi connectivity index (χ0v) is 12.8. The zero-order valence-electron chi connectivity index (χ0n) is 12.1. The van der Waals surface area contributed by atoms with Crippen LogP contribution in [0, 0.1) is 18.6 Å². The van der Waals surface area contributed by atoms with Gasteiger partial charge in [-0.2, -0.15) is 0 Å². The minimum Gasteiger partial charge on any atom is -0.306 e. The van der Waals surface area contributed by atoms with Crippen LogP contribution < -0.4 is 5.32 Å². The fourth-order valence-corrected chi connectivity index (χ4v) is 2.60. The average molecular weight is 310 g/mol. The number of hydrogen-bond acceptors (Lipinski definition) is 1. The number of halogens is 3. The van der Waals surface area contributed by atoms with E-state index in [9.17, 15) is 8.78 Å². The number of rotatable bonds is 5. The molecule has 0 saturated carbocycles. The van der Waals surface area contributed by atoms with Gasteiger partial charge in [0, 0.05) is 16.7 Å². The summed E-state index contributed by atoms with van der Waals surface area (Å²) in [5.74, 6) is -1.11. The Balaban J connectivity index is 2.46. The van der Waals surface area contributed by atoms with E-state index < -0.39 is 11.6 Å². The van der Waals surface area contributed by atoms with Crippen LogP contribution >= 0.6 is 11.6 Å². The van der Waals surface area contributed by atoms with Crippen LogP contribution in [0.5, 0.6) is 0 Å². The third-order valence-corrected chi connectivity index (χ3v) is 3.65. The largest absolute Gasteiger partial charge is 0.306 e. The molecular weight excluding hydrogens is 292 g/mol. The van der Waals surface area contributed by atoms with Gasteiger partial charge in [0.25, 0.3) is 0 Å². The van der Waals surface area contributed by atoms with Crippen molar-refractivity contribution in [1.82, 2.24) is 5.32 Å². The Hall–Kier alpha value is -1.45. The Morgan fingerprint density at radius 1 is 1.10 bits per heavy atom. The molecule has 1 unspecified atom stereocenters. The van der Waals surface area contributed by atoms with Gasteiger partial charge in [-0.15, -0.1) is 0 Å². The summed E-state index contributed by atoms with van der Waals surface area (Å²) in [4.78, 5) is 0. The molecule has 2 aromatic rings. The summed E-state index contributed by atoms with van der Waals surface area (Å²) in [5, 5.41) is 3.96. The van der Waals surface area contributed by atoms with Gasteiger partial charge in [0.2, 0.25) is 0 Å². The molecule has 0 saturated heterocycles. The molecule has 4 heteroatoms. The molecule has 21 heavy (non-hydrogen) atoms. The number of benzene rings is 2. The lowest BCUT2D eigenvalue weighted by atomic mass is 9.94. The minimum absolute atomic E-state index is 0.317. The summed E-state index contributed by atoms with van der Waals surface area (Å²) in [5.41, 5.74) is 2.36.